The van der Waals surface area contributed by atoms with Crippen LogP contribution >= 0.6 is 0 Å². The number of hydrogen-bond donors (Lipinski definition) is 2. The molecule has 112 valence electrons. The lowest BCUT2D eigenvalue weighted by Gasteiger charge is -2.15. The zero-order valence-electron chi connectivity index (χ0n) is 11.7. The number of benzene rings is 1. The van der Waals surface area contributed by atoms with Crippen LogP contribution in [-0.2, 0) is 10.0 Å². The highest BCUT2D eigenvalue weighted by Crippen LogP contribution is 2.21. The van der Waals surface area contributed by atoms with Crippen LogP contribution < -0.4 is 10.0 Å². The third kappa shape index (κ3) is 4.71. The number of sulfonamides is 1. The first-order valence-electron chi connectivity index (χ1n) is 6.29. The van der Waals surface area contributed by atoms with E-state index in [2.05, 4.69) is 15.0 Å². The van der Waals surface area contributed by atoms with Gasteiger partial charge in [0.2, 0.25) is 10.0 Å². The van der Waals surface area contributed by atoms with E-state index in [0.717, 1.165) is 18.1 Å². The molecule has 0 fully saturated rings. The summed E-state index contributed by atoms with van der Waals surface area (Å²) >= 11 is 0. The first-order chi connectivity index (χ1) is 9.83. The second-order valence-corrected chi connectivity index (χ2v) is 6.47. The van der Waals surface area contributed by atoms with Gasteiger partial charge in [-0.15, -0.1) is 0 Å². The molecule has 1 atom stereocenters. The van der Waals surface area contributed by atoms with Crippen LogP contribution in [0.1, 0.15) is 18.7 Å². The summed E-state index contributed by atoms with van der Waals surface area (Å²) in [5.74, 6) is -0.384. The van der Waals surface area contributed by atoms with E-state index in [0.29, 0.717) is 11.4 Å². The third-order valence-corrected chi connectivity index (χ3v) is 3.35. The van der Waals surface area contributed by atoms with Crippen molar-refractivity contribution < 1.29 is 12.8 Å². The second kappa shape index (κ2) is 6.09. The van der Waals surface area contributed by atoms with E-state index >= 15 is 0 Å². The number of nitrogens with zero attached hydrogens (tertiary/aromatic N) is 1. The molecule has 0 radical (unpaired) electrons. The van der Waals surface area contributed by atoms with Gasteiger partial charge in [-0.1, -0.05) is 6.07 Å². The maximum atomic E-state index is 12.8. The van der Waals surface area contributed by atoms with Crippen molar-refractivity contribution in [2.24, 2.45) is 0 Å². The third-order valence-electron chi connectivity index (χ3n) is 2.74. The molecule has 0 saturated heterocycles. The molecular formula is C14H16FN3O2S. The Morgan fingerprint density at radius 1 is 1.19 bits per heavy atom. The summed E-state index contributed by atoms with van der Waals surface area (Å²) in [6.07, 6.45) is 2.26. The molecule has 2 rings (SSSR count). The normalized spacial score (nSPS) is 12.7. The molecule has 0 spiro atoms. The first-order valence-corrected chi connectivity index (χ1v) is 8.18. The van der Waals surface area contributed by atoms with Crippen molar-refractivity contribution in [3.63, 3.8) is 0 Å². The molecule has 1 unspecified atom stereocenters. The molecule has 1 heterocycles. The molecule has 21 heavy (non-hydrogen) atoms. The maximum Gasteiger partial charge on any atom is 0.229 e. The zero-order chi connectivity index (χ0) is 15.5. The summed E-state index contributed by atoms with van der Waals surface area (Å²) in [5, 5.41) is 3.18. The van der Waals surface area contributed by atoms with Crippen LogP contribution in [0.25, 0.3) is 0 Å². The molecule has 2 aromatic rings. The van der Waals surface area contributed by atoms with E-state index in [1.165, 1.54) is 6.07 Å². The minimum absolute atomic E-state index is 0.140. The Labute approximate surface area is 123 Å². The molecule has 1 aromatic heterocycles. The monoisotopic (exact) mass is 309 g/mol. The van der Waals surface area contributed by atoms with Crippen LogP contribution in [0.3, 0.4) is 0 Å². The lowest BCUT2D eigenvalue weighted by Crippen LogP contribution is -2.11. The van der Waals surface area contributed by atoms with Crippen LogP contribution in [0, 0.1) is 5.82 Å². The molecule has 0 aliphatic heterocycles. The Morgan fingerprint density at radius 2 is 1.90 bits per heavy atom. The lowest BCUT2D eigenvalue weighted by molar-refractivity contribution is 0.607. The highest BCUT2D eigenvalue weighted by atomic mass is 32.2. The first kappa shape index (κ1) is 15.2. The van der Waals surface area contributed by atoms with Gasteiger partial charge in [-0.3, -0.25) is 9.71 Å². The Morgan fingerprint density at radius 3 is 2.52 bits per heavy atom. The quantitative estimate of drug-likeness (QED) is 0.891. The zero-order valence-corrected chi connectivity index (χ0v) is 12.5. The summed E-state index contributed by atoms with van der Waals surface area (Å²) in [6.45, 7) is 1.89. The predicted octanol–water partition coefficient (Wildman–Crippen LogP) is 2.77. The Kier molecular flexibility index (Phi) is 4.42. The van der Waals surface area contributed by atoms with Gasteiger partial charge < -0.3 is 5.32 Å². The average molecular weight is 309 g/mol. The van der Waals surface area contributed by atoms with Gasteiger partial charge in [-0.2, -0.15) is 0 Å². The van der Waals surface area contributed by atoms with Gasteiger partial charge in [0.1, 0.15) is 5.82 Å². The molecule has 2 N–H and O–H groups in total. The van der Waals surface area contributed by atoms with Crippen molar-refractivity contribution >= 4 is 21.4 Å². The smallest absolute Gasteiger partial charge is 0.229 e. The van der Waals surface area contributed by atoms with Gasteiger partial charge in [-0.05, 0) is 37.3 Å². The number of nitrogens with one attached hydrogen (secondary N) is 2. The van der Waals surface area contributed by atoms with E-state index in [1.807, 2.05) is 13.0 Å². The topological polar surface area (TPSA) is 71.1 Å². The number of pyridine rings is 1. The standard InChI is InChI=1S/C14H16FN3O2S/c1-10(14-7-6-11(15)9-16-14)17-12-4-3-5-13(8-12)18-21(2,19)20/h3-10,17-18H,1-2H3. The lowest BCUT2D eigenvalue weighted by atomic mass is 10.2. The Hall–Kier alpha value is -2.15. The Bertz CT molecular complexity index is 717. The Balaban J connectivity index is 2.12. The van der Waals surface area contributed by atoms with Crippen LogP contribution in [0.15, 0.2) is 42.6 Å². The molecule has 0 aliphatic carbocycles. The minimum Gasteiger partial charge on any atom is -0.377 e. The highest BCUT2D eigenvalue weighted by Gasteiger charge is 2.08. The van der Waals surface area contributed by atoms with Crippen molar-refractivity contribution in [1.82, 2.24) is 4.98 Å². The predicted molar refractivity (Wildman–Crippen MR) is 81.1 cm³/mol. The average Bonchev–Trinajstić information content (AvgIpc) is 2.37. The molecule has 1 aromatic carbocycles. The second-order valence-electron chi connectivity index (χ2n) is 4.72. The molecule has 7 heteroatoms. The number of aromatic nitrogens is 1. The fourth-order valence-corrected chi connectivity index (χ4v) is 2.41. The minimum atomic E-state index is -3.31. The molecule has 0 amide bonds. The van der Waals surface area contributed by atoms with Gasteiger partial charge in [-0.25, -0.2) is 12.8 Å². The number of rotatable bonds is 5. The van der Waals surface area contributed by atoms with Gasteiger partial charge >= 0.3 is 0 Å². The fraction of sp³-hybridized carbons (Fsp3) is 0.214. The van der Waals surface area contributed by atoms with Gasteiger partial charge in [0.05, 0.1) is 29.9 Å². The molecule has 0 saturated carbocycles. The van der Waals surface area contributed by atoms with Crippen molar-refractivity contribution in [2.75, 3.05) is 16.3 Å². The van der Waals surface area contributed by atoms with E-state index < -0.39 is 10.0 Å². The summed E-state index contributed by atoms with van der Waals surface area (Å²) in [5.41, 5.74) is 1.90. The van der Waals surface area contributed by atoms with E-state index in [4.69, 9.17) is 0 Å². The largest absolute Gasteiger partial charge is 0.377 e. The van der Waals surface area contributed by atoms with Gasteiger partial charge in [0.25, 0.3) is 0 Å². The summed E-state index contributed by atoms with van der Waals surface area (Å²) in [6, 6.07) is 9.70. The van der Waals surface area contributed by atoms with Crippen molar-refractivity contribution in [1.29, 1.82) is 0 Å². The summed E-state index contributed by atoms with van der Waals surface area (Å²) in [7, 11) is -3.31. The number of hydrogen-bond acceptors (Lipinski definition) is 4. The van der Waals surface area contributed by atoms with Crippen molar-refractivity contribution in [3.05, 3.63) is 54.1 Å². The van der Waals surface area contributed by atoms with E-state index in [-0.39, 0.29) is 11.9 Å². The maximum absolute atomic E-state index is 12.8. The molecule has 0 aliphatic rings. The summed E-state index contributed by atoms with van der Waals surface area (Å²) < 4.78 is 37.7. The van der Waals surface area contributed by atoms with Crippen molar-refractivity contribution in [3.8, 4) is 0 Å². The van der Waals surface area contributed by atoms with Crippen LogP contribution in [-0.4, -0.2) is 19.7 Å². The van der Waals surface area contributed by atoms with E-state index in [9.17, 15) is 12.8 Å². The van der Waals surface area contributed by atoms with Gasteiger partial charge in [0, 0.05) is 5.69 Å². The van der Waals surface area contributed by atoms with Crippen LogP contribution in [0.5, 0.6) is 0 Å². The molecular weight excluding hydrogens is 293 g/mol. The highest BCUT2D eigenvalue weighted by molar-refractivity contribution is 7.92. The van der Waals surface area contributed by atoms with Crippen LogP contribution in [0.2, 0.25) is 0 Å². The molecule has 5 nitrogen and oxygen atoms in total. The fourth-order valence-electron chi connectivity index (χ4n) is 1.85. The van der Waals surface area contributed by atoms with Gasteiger partial charge in [0.15, 0.2) is 0 Å². The van der Waals surface area contributed by atoms with Crippen molar-refractivity contribution in [2.45, 2.75) is 13.0 Å². The van der Waals surface area contributed by atoms with Crippen LogP contribution in [0.4, 0.5) is 15.8 Å². The number of anilines is 2. The summed E-state index contributed by atoms with van der Waals surface area (Å²) in [4.78, 5) is 4.01. The number of halogens is 1. The SMILES string of the molecule is CC(Nc1cccc(NS(C)(=O)=O)c1)c1ccc(F)cn1. The van der Waals surface area contributed by atoms with E-state index in [1.54, 1.807) is 24.3 Å². The molecule has 0 bridgehead atoms.